The first-order valence-corrected chi connectivity index (χ1v) is 6.44. The Hall–Kier alpha value is 0.0500. The summed E-state index contributed by atoms with van der Waals surface area (Å²) in [6, 6.07) is 5.54. The Morgan fingerprint density at radius 3 is 2.50 bits per heavy atom. The molecule has 1 nitrogen and oxygen atoms in total. The van der Waals surface area contributed by atoms with Crippen molar-refractivity contribution in [3.05, 3.63) is 33.8 Å². The molecular weight excluding hydrogens is 264 g/mol. The Bertz CT molecular complexity index is 350. The van der Waals surface area contributed by atoms with Gasteiger partial charge in [0.15, 0.2) is 0 Å². The number of nitrogens with one attached hydrogen (secondary N) is 1. The third-order valence-corrected chi connectivity index (χ3v) is 3.61. The van der Waals surface area contributed by atoms with Gasteiger partial charge in [-0.25, -0.2) is 0 Å². The smallest absolute Gasteiger partial charge is 0.0465 e. The lowest BCUT2D eigenvalue weighted by molar-refractivity contribution is 0.385. The van der Waals surface area contributed by atoms with E-state index in [0.29, 0.717) is 15.9 Å². The minimum absolute atomic E-state index is 0.0977. The van der Waals surface area contributed by atoms with Gasteiger partial charge in [0.1, 0.15) is 0 Å². The molecule has 90 valence electrons. The maximum Gasteiger partial charge on any atom is 0.0465 e. The SMILES string of the molecule is CC(C)(CCl)CNCc1ccc(Cl)cc1Cl. The van der Waals surface area contributed by atoms with Gasteiger partial charge in [-0.05, 0) is 23.1 Å². The molecule has 0 saturated heterocycles. The molecule has 1 rings (SSSR count). The van der Waals surface area contributed by atoms with Crippen LogP contribution in [0.25, 0.3) is 0 Å². The van der Waals surface area contributed by atoms with Gasteiger partial charge in [-0.1, -0.05) is 43.1 Å². The largest absolute Gasteiger partial charge is 0.312 e. The van der Waals surface area contributed by atoms with Crippen LogP contribution in [0.2, 0.25) is 10.0 Å². The van der Waals surface area contributed by atoms with Crippen LogP contribution in [0.15, 0.2) is 18.2 Å². The maximum absolute atomic E-state index is 6.06. The highest BCUT2D eigenvalue weighted by molar-refractivity contribution is 6.35. The standard InChI is InChI=1S/C12H16Cl3N/c1-12(2,7-13)8-16-6-9-3-4-10(14)5-11(9)15/h3-5,16H,6-8H2,1-2H3. The van der Waals surface area contributed by atoms with E-state index in [9.17, 15) is 0 Å². The van der Waals surface area contributed by atoms with Crippen molar-refractivity contribution in [3.8, 4) is 0 Å². The van der Waals surface area contributed by atoms with E-state index in [2.05, 4.69) is 19.2 Å². The van der Waals surface area contributed by atoms with Crippen molar-refractivity contribution in [1.29, 1.82) is 0 Å². The highest BCUT2D eigenvalue weighted by Gasteiger charge is 2.15. The Morgan fingerprint density at radius 2 is 1.94 bits per heavy atom. The summed E-state index contributed by atoms with van der Waals surface area (Å²) in [6.07, 6.45) is 0. The third-order valence-electron chi connectivity index (χ3n) is 2.30. The summed E-state index contributed by atoms with van der Waals surface area (Å²) in [7, 11) is 0. The van der Waals surface area contributed by atoms with Crippen LogP contribution in [-0.2, 0) is 6.54 Å². The van der Waals surface area contributed by atoms with Crippen molar-refractivity contribution in [1.82, 2.24) is 5.32 Å². The van der Waals surface area contributed by atoms with Crippen LogP contribution in [0.3, 0.4) is 0 Å². The van der Waals surface area contributed by atoms with Gasteiger partial charge in [-0.2, -0.15) is 0 Å². The lowest BCUT2D eigenvalue weighted by Crippen LogP contribution is -2.30. The monoisotopic (exact) mass is 279 g/mol. The van der Waals surface area contributed by atoms with Crippen LogP contribution >= 0.6 is 34.8 Å². The van der Waals surface area contributed by atoms with Gasteiger partial charge in [0.05, 0.1) is 0 Å². The zero-order chi connectivity index (χ0) is 12.2. The van der Waals surface area contributed by atoms with E-state index in [1.807, 2.05) is 12.1 Å². The molecule has 0 saturated carbocycles. The Kier molecular flexibility index (Phi) is 5.39. The number of rotatable bonds is 5. The molecule has 0 aromatic heterocycles. The highest BCUT2D eigenvalue weighted by atomic mass is 35.5. The second kappa shape index (κ2) is 6.11. The van der Waals surface area contributed by atoms with Crippen molar-refractivity contribution in [2.24, 2.45) is 5.41 Å². The van der Waals surface area contributed by atoms with Gasteiger partial charge in [0, 0.05) is 29.0 Å². The molecule has 0 aliphatic carbocycles. The van der Waals surface area contributed by atoms with Crippen molar-refractivity contribution in [2.75, 3.05) is 12.4 Å². The second-order valence-electron chi connectivity index (χ2n) is 4.64. The molecule has 1 N–H and O–H groups in total. The van der Waals surface area contributed by atoms with Crippen LogP contribution in [0.5, 0.6) is 0 Å². The Balaban J connectivity index is 2.49. The molecule has 0 aliphatic heterocycles. The fraction of sp³-hybridized carbons (Fsp3) is 0.500. The lowest BCUT2D eigenvalue weighted by Gasteiger charge is -2.21. The number of halogens is 3. The van der Waals surface area contributed by atoms with Crippen molar-refractivity contribution >= 4 is 34.8 Å². The van der Waals surface area contributed by atoms with Crippen molar-refractivity contribution in [2.45, 2.75) is 20.4 Å². The zero-order valence-corrected chi connectivity index (χ0v) is 11.8. The average Bonchev–Trinajstić information content (AvgIpc) is 2.21. The molecule has 16 heavy (non-hydrogen) atoms. The molecule has 1 aromatic rings. The minimum atomic E-state index is 0.0977. The summed E-state index contributed by atoms with van der Waals surface area (Å²) in [5, 5.41) is 4.70. The van der Waals surface area contributed by atoms with E-state index < -0.39 is 0 Å². The fourth-order valence-electron chi connectivity index (χ4n) is 1.25. The Labute approximate surface area is 112 Å². The van der Waals surface area contributed by atoms with E-state index in [1.54, 1.807) is 6.07 Å². The van der Waals surface area contributed by atoms with Crippen molar-refractivity contribution < 1.29 is 0 Å². The van der Waals surface area contributed by atoms with Crippen LogP contribution in [0.4, 0.5) is 0 Å². The van der Waals surface area contributed by atoms with Gasteiger partial charge in [0.2, 0.25) is 0 Å². The molecule has 0 amide bonds. The Morgan fingerprint density at radius 1 is 1.25 bits per heavy atom. The third kappa shape index (κ3) is 4.50. The predicted molar refractivity (Wildman–Crippen MR) is 72.7 cm³/mol. The fourth-order valence-corrected chi connectivity index (χ4v) is 1.82. The second-order valence-corrected chi connectivity index (χ2v) is 5.75. The molecule has 0 radical (unpaired) electrons. The molecular formula is C12H16Cl3N. The van der Waals surface area contributed by atoms with Gasteiger partial charge in [0.25, 0.3) is 0 Å². The first-order valence-electron chi connectivity index (χ1n) is 5.15. The van der Waals surface area contributed by atoms with E-state index in [1.165, 1.54) is 0 Å². The number of hydrogen-bond donors (Lipinski definition) is 1. The summed E-state index contributed by atoms with van der Waals surface area (Å²) in [4.78, 5) is 0. The van der Waals surface area contributed by atoms with E-state index in [0.717, 1.165) is 18.7 Å². The molecule has 0 fully saturated rings. The summed E-state index contributed by atoms with van der Waals surface area (Å²) < 4.78 is 0. The van der Waals surface area contributed by atoms with E-state index >= 15 is 0 Å². The highest BCUT2D eigenvalue weighted by Crippen LogP contribution is 2.21. The molecule has 0 bridgehead atoms. The molecule has 1 aromatic carbocycles. The number of alkyl halides is 1. The summed E-state index contributed by atoms with van der Waals surface area (Å²) >= 11 is 17.7. The topological polar surface area (TPSA) is 12.0 Å². The minimum Gasteiger partial charge on any atom is -0.312 e. The molecule has 4 heteroatoms. The van der Waals surface area contributed by atoms with E-state index in [-0.39, 0.29) is 5.41 Å². The molecule has 0 aliphatic rings. The average molecular weight is 281 g/mol. The van der Waals surface area contributed by atoms with Crippen molar-refractivity contribution in [3.63, 3.8) is 0 Å². The van der Waals surface area contributed by atoms with Gasteiger partial charge >= 0.3 is 0 Å². The van der Waals surface area contributed by atoms with Crippen LogP contribution in [0, 0.1) is 5.41 Å². The van der Waals surface area contributed by atoms with Gasteiger partial charge in [-0.15, -0.1) is 11.6 Å². The summed E-state index contributed by atoms with van der Waals surface area (Å²) in [5.41, 5.74) is 1.15. The number of benzene rings is 1. The summed E-state index contributed by atoms with van der Waals surface area (Å²) in [5.74, 6) is 0.633. The van der Waals surface area contributed by atoms with Crippen LogP contribution < -0.4 is 5.32 Å². The predicted octanol–water partition coefficient (Wildman–Crippen LogP) is 4.35. The maximum atomic E-state index is 6.06. The normalized spacial score (nSPS) is 11.8. The molecule has 0 heterocycles. The number of hydrogen-bond acceptors (Lipinski definition) is 1. The molecule has 0 spiro atoms. The van der Waals surface area contributed by atoms with Gasteiger partial charge < -0.3 is 5.32 Å². The van der Waals surface area contributed by atoms with Gasteiger partial charge in [-0.3, -0.25) is 0 Å². The molecule has 0 unspecified atom stereocenters. The first-order chi connectivity index (χ1) is 7.44. The van der Waals surface area contributed by atoms with Crippen LogP contribution in [-0.4, -0.2) is 12.4 Å². The molecule has 0 atom stereocenters. The first kappa shape index (κ1) is 14.1. The summed E-state index contributed by atoms with van der Waals surface area (Å²) in [6.45, 7) is 5.83. The van der Waals surface area contributed by atoms with Crippen LogP contribution in [0.1, 0.15) is 19.4 Å². The quantitative estimate of drug-likeness (QED) is 0.791. The van der Waals surface area contributed by atoms with E-state index in [4.69, 9.17) is 34.8 Å². The lowest BCUT2D eigenvalue weighted by atomic mass is 9.96. The zero-order valence-electron chi connectivity index (χ0n) is 9.49.